The zero-order chi connectivity index (χ0) is 13.8. The molecule has 0 radical (unpaired) electrons. The number of nitrogens with zero attached hydrogens (tertiary/aromatic N) is 1. The molecule has 0 spiro atoms. The molecule has 2 N–H and O–H groups in total. The minimum Gasteiger partial charge on any atom is -0.479 e. The Morgan fingerprint density at radius 1 is 1.42 bits per heavy atom. The number of hydrogen-bond donors (Lipinski definition) is 2. The van der Waals surface area contributed by atoms with Crippen LogP contribution >= 0.6 is 0 Å². The average molecular weight is 262 g/mol. The Labute approximate surface area is 112 Å². The first-order valence-electron chi connectivity index (χ1n) is 6.40. The Balaban J connectivity index is 2.27. The second-order valence-electron chi connectivity index (χ2n) is 4.63. The van der Waals surface area contributed by atoms with Gasteiger partial charge in [-0.3, -0.25) is 4.79 Å². The summed E-state index contributed by atoms with van der Waals surface area (Å²) in [7, 11) is 1.77. The highest BCUT2D eigenvalue weighted by atomic mass is 16.4. The lowest BCUT2D eigenvalue weighted by atomic mass is 9.92. The number of hydrogen-bond acceptors (Lipinski definition) is 3. The van der Waals surface area contributed by atoms with Gasteiger partial charge in [0.15, 0.2) is 6.04 Å². The standard InChI is InChI=1S/C14H18N2O3/c1-15-8-6-12(17)16-9-7-10-4-2-3-5-11(10)13(16)14(18)19/h2-5,13,15H,6-9H2,1H3,(H,18,19). The predicted octanol–water partition coefficient (Wildman–Crippen LogP) is 0.806. The molecule has 0 saturated carbocycles. The second kappa shape index (κ2) is 5.84. The molecule has 2 rings (SSSR count). The summed E-state index contributed by atoms with van der Waals surface area (Å²) in [5.41, 5.74) is 1.76. The molecule has 1 aliphatic heterocycles. The monoisotopic (exact) mass is 262 g/mol. The predicted molar refractivity (Wildman–Crippen MR) is 70.8 cm³/mol. The molecule has 1 atom stereocenters. The molecule has 1 aromatic rings. The van der Waals surface area contributed by atoms with E-state index in [1.165, 1.54) is 4.90 Å². The first-order valence-corrected chi connectivity index (χ1v) is 6.40. The van der Waals surface area contributed by atoms with Gasteiger partial charge < -0.3 is 15.3 Å². The minimum absolute atomic E-state index is 0.115. The Bertz CT molecular complexity index is 487. The number of carboxylic acid groups (broad SMARTS) is 1. The van der Waals surface area contributed by atoms with Crippen molar-refractivity contribution in [2.24, 2.45) is 0 Å². The van der Waals surface area contributed by atoms with Crippen LogP contribution in [0.25, 0.3) is 0 Å². The van der Waals surface area contributed by atoms with E-state index in [2.05, 4.69) is 5.32 Å². The Morgan fingerprint density at radius 3 is 2.84 bits per heavy atom. The smallest absolute Gasteiger partial charge is 0.331 e. The van der Waals surface area contributed by atoms with Crippen LogP contribution in [-0.2, 0) is 16.0 Å². The molecule has 0 aromatic heterocycles. The van der Waals surface area contributed by atoms with Gasteiger partial charge in [-0.05, 0) is 24.6 Å². The van der Waals surface area contributed by atoms with Gasteiger partial charge in [-0.1, -0.05) is 24.3 Å². The molecule has 0 saturated heterocycles. The maximum absolute atomic E-state index is 12.1. The molecule has 1 heterocycles. The summed E-state index contributed by atoms with van der Waals surface area (Å²) in [5.74, 6) is -1.08. The molecule has 1 aliphatic rings. The van der Waals surface area contributed by atoms with E-state index < -0.39 is 12.0 Å². The van der Waals surface area contributed by atoms with Crippen molar-refractivity contribution in [3.8, 4) is 0 Å². The van der Waals surface area contributed by atoms with Gasteiger partial charge in [0.05, 0.1) is 0 Å². The van der Waals surface area contributed by atoms with E-state index in [4.69, 9.17) is 0 Å². The van der Waals surface area contributed by atoms with Gasteiger partial charge in [0.25, 0.3) is 0 Å². The molecule has 102 valence electrons. The van der Waals surface area contributed by atoms with Crippen molar-refractivity contribution in [1.29, 1.82) is 0 Å². The number of carboxylic acids is 1. The number of carbonyl (C=O) groups is 2. The first kappa shape index (κ1) is 13.5. The van der Waals surface area contributed by atoms with Crippen LogP contribution in [0.5, 0.6) is 0 Å². The second-order valence-corrected chi connectivity index (χ2v) is 4.63. The van der Waals surface area contributed by atoms with Crippen LogP contribution in [0.4, 0.5) is 0 Å². The van der Waals surface area contributed by atoms with Crippen molar-refractivity contribution in [3.05, 3.63) is 35.4 Å². The van der Waals surface area contributed by atoms with Crippen molar-refractivity contribution in [2.75, 3.05) is 20.1 Å². The number of amides is 1. The number of benzene rings is 1. The van der Waals surface area contributed by atoms with Gasteiger partial charge in [0, 0.05) is 19.5 Å². The fourth-order valence-corrected chi connectivity index (χ4v) is 2.48. The van der Waals surface area contributed by atoms with Crippen LogP contribution in [0, 0.1) is 0 Å². The molecule has 5 nitrogen and oxygen atoms in total. The van der Waals surface area contributed by atoms with Gasteiger partial charge in [0.2, 0.25) is 5.91 Å². The molecule has 1 amide bonds. The van der Waals surface area contributed by atoms with Crippen molar-refractivity contribution in [2.45, 2.75) is 18.9 Å². The minimum atomic E-state index is -0.968. The summed E-state index contributed by atoms with van der Waals surface area (Å²) < 4.78 is 0. The first-order chi connectivity index (χ1) is 9.15. The third kappa shape index (κ3) is 2.76. The fraction of sp³-hybridized carbons (Fsp3) is 0.429. The van der Waals surface area contributed by atoms with Gasteiger partial charge in [-0.15, -0.1) is 0 Å². The quantitative estimate of drug-likeness (QED) is 0.842. The fourth-order valence-electron chi connectivity index (χ4n) is 2.48. The lowest BCUT2D eigenvalue weighted by Gasteiger charge is -2.34. The van der Waals surface area contributed by atoms with E-state index in [0.29, 0.717) is 25.9 Å². The van der Waals surface area contributed by atoms with Crippen LogP contribution in [0.15, 0.2) is 24.3 Å². The van der Waals surface area contributed by atoms with Crippen LogP contribution in [-0.4, -0.2) is 42.0 Å². The Kier molecular flexibility index (Phi) is 4.16. The van der Waals surface area contributed by atoms with Crippen LogP contribution in [0.1, 0.15) is 23.6 Å². The molecule has 1 unspecified atom stereocenters. The topological polar surface area (TPSA) is 69.6 Å². The third-order valence-electron chi connectivity index (χ3n) is 3.43. The largest absolute Gasteiger partial charge is 0.479 e. The van der Waals surface area contributed by atoms with Gasteiger partial charge >= 0.3 is 5.97 Å². The highest BCUT2D eigenvalue weighted by Gasteiger charge is 2.35. The summed E-state index contributed by atoms with van der Waals surface area (Å²) in [6.07, 6.45) is 1.04. The molecule has 19 heavy (non-hydrogen) atoms. The van der Waals surface area contributed by atoms with E-state index in [0.717, 1.165) is 11.1 Å². The molecule has 0 bridgehead atoms. The van der Waals surface area contributed by atoms with E-state index in [-0.39, 0.29) is 5.91 Å². The lowest BCUT2D eigenvalue weighted by molar-refractivity contribution is -0.151. The van der Waals surface area contributed by atoms with E-state index in [1.54, 1.807) is 13.1 Å². The SMILES string of the molecule is CNCCC(=O)N1CCc2ccccc2C1C(=O)O. The molecule has 5 heteroatoms. The lowest BCUT2D eigenvalue weighted by Crippen LogP contribution is -2.44. The van der Waals surface area contributed by atoms with Crippen molar-refractivity contribution in [1.82, 2.24) is 10.2 Å². The number of nitrogens with one attached hydrogen (secondary N) is 1. The summed E-state index contributed by atoms with van der Waals surface area (Å²) in [4.78, 5) is 25.1. The van der Waals surface area contributed by atoms with Gasteiger partial charge in [-0.2, -0.15) is 0 Å². The number of rotatable bonds is 4. The van der Waals surface area contributed by atoms with Crippen molar-refractivity contribution in [3.63, 3.8) is 0 Å². The summed E-state index contributed by atoms with van der Waals surface area (Å²) >= 11 is 0. The van der Waals surface area contributed by atoms with Crippen molar-refractivity contribution >= 4 is 11.9 Å². The molecule has 0 aliphatic carbocycles. The van der Waals surface area contributed by atoms with Gasteiger partial charge in [0.1, 0.15) is 0 Å². The average Bonchev–Trinajstić information content (AvgIpc) is 2.43. The molecular formula is C14H18N2O3. The Morgan fingerprint density at radius 2 is 2.16 bits per heavy atom. The highest BCUT2D eigenvalue weighted by molar-refractivity contribution is 5.85. The van der Waals surface area contributed by atoms with Crippen molar-refractivity contribution < 1.29 is 14.7 Å². The number of fused-ring (bicyclic) bond motifs is 1. The zero-order valence-corrected chi connectivity index (χ0v) is 10.9. The van der Waals surface area contributed by atoms with E-state index in [9.17, 15) is 14.7 Å². The third-order valence-corrected chi connectivity index (χ3v) is 3.43. The Hall–Kier alpha value is -1.88. The van der Waals surface area contributed by atoms with Crippen LogP contribution in [0.2, 0.25) is 0 Å². The number of aliphatic carboxylic acids is 1. The van der Waals surface area contributed by atoms with Crippen LogP contribution < -0.4 is 5.32 Å². The number of carbonyl (C=O) groups excluding carboxylic acids is 1. The zero-order valence-electron chi connectivity index (χ0n) is 10.9. The maximum atomic E-state index is 12.1. The molecule has 0 fully saturated rings. The molecular weight excluding hydrogens is 244 g/mol. The van der Waals surface area contributed by atoms with E-state index >= 15 is 0 Å². The maximum Gasteiger partial charge on any atom is 0.331 e. The summed E-state index contributed by atoms with van der Waals surface area (Å²) in [6.45, 7) is 1.03. The van der Waals surface area contributed by atoms with Crippen LogP contribution in [0.3, 0.4) is 0 Å². The summed E-state index contributed by atoms with van der Waals surface area (Å²) in [5, 5.41) is 12.3. The van der Waals surface area contributed by atoms with Gasteiger partial charge in [-0.25, -0.2) is 4.79 Å². The normalized spacial score (nSPS) is 17.9. The van der Waals surface area contributed by atoms with E-state index in [1.807, 2.05) is 18.2 Å². The molecule has 1 aromatic carbocycles. The highest BCUT2D eigenvalue weighted by Crippen LogP contribution is 2.30. The summed E-state index contributed by atoms with van der Waals surface area (Å²) in [6, 6.07) is 6.59.